The lowest BCUT2D eigenvalue weighted by molar-refractivity contribution is -0.134. The summed E-state index contributed by atoms with van der Waals surface area (Å²) in [6.07, 6.45) is 2.36. The largest absolute Gasteiger partial charge is 0.484 e. The van der Waals surface area contributed by atoms with Gasteiger partial charge in [-0.1, -0.05) is 0 Å². The maximum atomic E-state index is 13.0. The van der Waals surface area contributed by atoms with Crippen LogP contribution in [0.1, 0.15) is 36.9 Å². The van der Waals surface area contributed by atoms with Gasteiger partial charge in [-0.3, -0.25) is 9.48 Å². The number of oxazole rings is 1. The molecule has 0 aliphatic carbocycles. The molecule has 0 fully saturated rings. The third-order valence-corrected chi connectivity index (χ3v) is 4.93. The molecule has 0 N–H and O–H groups in total. The van der Waals surface area contributed by atoms with Crippen LogP contribution in [0.15, 0.2) is 34.9 Å². The average Bonchev–Trinajstić information content (AvgIpc) is 3.30. The molecule has 0 radical (unpaired) electrons. The molecule has 7 nitrogen and oxygen atoms in total. The van der Waals surface area contributed by atoms with Crippen LogP contribution in [0.3, 0.4) is 0 Å². The zero-order valence-corrected chi connectivity index (χ0v) is 16.7. The van der Waals surface area contributed by atoms with E-state index in [4.69, 9.17) is 14.3 Å². The van der Waals surface area contributed by atoms with Crippen LogP contribution in [-0.4, -0.2) is 38.7 Å². The third kappa shape index (κ3) is 3.87. The molecule has 1 aromatic carbocycles. The first-order valence-electron chi connectivity index (χ1n) is 9.61. The number of carbonyl (C=O) groups is 1. The van der Waals surface area contributed by atoms with Crippen molar-refractivity contribution in [2.24, 2.45) is 0 Å². The first-order valence-corrected chi connectivity index (χ1v) is 9.61. The number of ether oxygens (including phenoxy) is 1. The summed E-state index contributed by atoms with van der Waals surface area (Å²) in [6.45, 7) is 6.89. The Kier molecular flexibility index (Phi) is 5.08. The fraction of sp³-hybridized carbons (Fsp3) is 0.381. The Morgan fingerprint density at radius 2 is 2.07 bits per heavy atom. The number of amides is 1. The molecule has 8 heteroatoms. The van der Waals surface area contributed by atoms with Gasteiger partial charge in [0.25, 0.3) is 5.91 Å². The van der Waals surface area contributed by atoms with Gasteiger partial charge in [0.05, 0.1) is 6.20 Å². The number of aryl methyl sites for hydroxylation is 1. The maximum absolute atomic E-state index is 13.0. The topological polar surface area (TPSA) is 73.4 Å². The van der Waals surface area contributed by atoms with Crippen LogP contribution in [-0.2, 0) is 17.8 Å². The number of nitrogens with zero attached hydrogens (tertiary/aromatic N) is 4. The summed E-state index contributed by atoms with van der Waals surface area (Å²) < 4.78 is 26.2. The number of fused-ring (bicyclic) bond motifs is 1. The Balaban J connectivity index is 1.53. The zero-order valence-electron chi connectivity index (χ0n) is 16.7. The van der Waals surface area contributed by atoms with E-state index in [1.165, 1.54) is 24.3 Å². The van der Waals surface area contributed by atoms with Gasteiger partial charge in [0.1, 0.15) is 17.3 Å². The Labute approximate surface area is 168 Å². The molecule has 0 spiro atoms. The molecule has 1 amide bonds. The van der Waals surface area contributed by atoms with Gasteiger partial charge in [0.15, 0.2) is 12.3 Å². The third-order valence-electron chi connectivity index (χ3n) is 4.93. The smallest absolute Gasteiger partial charge is 0.260 e. The van der Waals surface area contributed by atoms with E-state index < -0.39 is 0 Å². The van der Waals surface area contributed by atoms with Crippen LogP contribution in [0.25, 0.3) is 11.6 Å². The highest BCUT2D eigenvalue weighted by atomic mass is 19.1. The number of hydrogen-bond donors (Lipinski definition) is 0. The van der Waals surface area contributed by atoms with Crippen LogP contribution in [0.4, 0.5) is 4.39 Å². The molecular weight excluding hydrogens is 375 g/mol. The van der Waals surface area contributed by atoms with E-state index in [1.54, 1.807) is 11.1 Å². The van der Waals surface area contributed by atoms with Gasteiger partial charge >= 0.3 is 0 Å². The minimum atomic E-state index is -0.344. The predicted molar refractivity (Wildman–Crippen MR) is 104 cm³/mol. The molecular formula is C21H23FN4O3. The first kappa shape index (κ1) is 19.2. The summed E-state index contributed by atoms with van der Waals surface area (Å²) in [5.74, 6) is 1.16. The van der Waals surface area contributed by atoms with E-state index in [9.17, 15) is 9.18 Å². The van der Waals surface area contributed by atoms with E-state index in [1.807, 2.05) is 11.6 Å². The van der Waals surface area contributed by atoms with Crippen molar-refractivity contribution in [1.82, 2.24) is 19.7 Å². The van der Waals surface area contributed by atoms with E-state index in [2.05, 4.69) is 18.8 Å². The van der Waals surface area contributed by atoms with Crippen LogP contribution >= 0.6 is 0 Å². The van der Waals surface area contributed by atoms with Crippen molar-refractivity contribution in [2.75, 3.05) is 13.2 Å². The summed E-state index contributed by atoms with van der Waals surface area (Å²) in [5, 5.41) is 4.73. The quantitative estimate of drug-likeness (QED) is 0.657. The molecule has 0 saturated heterocycles. The minimum Gasteiger partial charge on any atom is -0.484 e. The molecule has 3 heterocycles. The van der Waals surface area contributed by atoms with Crippen LogP contribution < -0.4 is 4.74 Å². The Morgan fingerprint density at radius 3 is 2.72 bits per heavy atom. The van der Waals surface area contributed by atoms with E-state index in [0.717, 1.165) is 11.3 Å². The summed E-state index contributed by atoms with van der Waals surface area (Å²) in [6, 6.07) is 5.81. The second kappa shape index (κ2) is 7.69. The number of aromatic nitrogens is 3. The lowest BCUT2D eigenvalue weighted by Crippen LogP contribution is -2.39. The van der Waals surface area contributed by atoms with Gasteiger partial charge < -0.3 is 14.1 Å². The zero-order chi connectivity index (χ0) is 20.5. The van der Waals surface area contributed by atoms with Crippen molar-refractivity contribution in [3.63, 3.8) is 0 Å². The van der Waals surface area contributed by atoms with Gasteiger partial charge in [-0.05, 0) is 45.0 Å². The van der Waals surface area contributed by atoms with Crippen molar-refractivity contribution in [3.05, 3.63) is 53.3 Å². The number of hydrogen-bond acceptors (Lipinski definition) is 5. The molecule has 0 saturated carbocycles. The minimum absolute atomic E-state index is 0.104. The van der Waals surface area contributed by atoms with Crippen molar-refractivity contribution in [2.45, 2.75) is 39.8 Å². The van der Waals surface area contributed by atoms with E-state index in [-0.39, 0.29) is 24.4 Å². The van der Waals surface area contributed by atoms with Crippen LogP contribution in [0.5, 0.6) is 5.75 Å². The normalized spacial score (nSPS) is 13.6. The molecule has 1 aliphatic rings. The molecule has 0 atom stereocenters. The summed E-state index contributed by atoms with van der Waals surface area (Å²) in [7, 11) is 0. The highest BCUT2D eigenvalue weighted by Crippen LogP contribution is 2.31. The lowest BCUT2D eigenvalue weighted by atomic mass is 10.0. The van der Waals surface area contributed by atoms with Crippen molar-refractivity contribution in [1.29, 1.82) is 0 Å². The van der Waals surface area contributed by atoms with Crippen LogP contribution in [0.2, 0.25) is 0 Å². The second-order valence-electron chi connectivity index (χ2n) is 7.40. The summed E-state index contributed by atoms with van der Waals surface area (Å²) in [5.41, 5.74) is 2.75. The number of carbonyl (C=O) groups excluding carboxylic acids is 1. The number of rotatable bonds is 5. The van der Waals surface area contributed by atoms with Gasteiger partial charge in [-0.25, -0.2) is 9.37 Å². The summed E-state index contributed by atoms with van der Waals surface area (Å²) >= 11 is 0. The fourth-order valence-corrected chi connectivity index (χ4v) is 3.49. The molecule has 3 aromatic rings. The molecule has 0 unspecified atom stereocenters. The molecule has 29 heavy (non-hydrogen) atoms. The first-order chi connectivity index (χ1) is 13.9. The predicted octanol–water partition coefficient (Wildman–Crippen LogP) is 3.53. The SMILES string of the molecule is Cc1cnc(-c2nn(C(C)C)c3c2CN(C(=O)COc2ccc(F)cc2)CC3)o1. The van der Waals surface area contributed by atoms with Crippen LogP contribution in [0, 0.1) is 12.7 Å². The Hall–Kier alpha value is -3.16. The Morgan fingerprint density at radius 1 is 1.31 bits per heavy atom. The number of halogens is 1. The van der Waals surface area contributed by atoms with Gasteiger partial charge in [0, 0.05) is 36.8 Å². The molecule has 4 rings (SSSR count). The molecule has 1 aliphatic heterocycles. The monoisotopic (exact) mass is 398 g/mol. The maximum Gasteiger partial charge on any atom is 0.260 e. The van der Waals surface area contributed by atoms with Gasteiger partial charge in [-0.2, -0.15) is 5.10 Å². The highest BCUT2D eigenvalue weighted by Gasteiger charge is 2.30. The fourth-order valence-electron chi connectivity index (χ4n) is 3.49. The van der Waals surface area contributed by atoms with Crippen molar-refractivity contribution >= 4 is 5.91 Å². The molecule has 2 aromatic heterocycles. The molecule has 0 bridgehead atoms. The van der Waals surface area contributed by atoms with Gasteiger partial charge in [-0.15, -0.1) is 0 Å². The second-order valence-corrected chi connectivity index (χ2v) is 7.40. The Bertz CT molecular complexity index is 1020. The van der Waals surface area contributed by atoms with Gasteiger partial charge in [0.2, 0.25) is 5.89 Å². The standard InChI is InChI=1S/C21H23FN4O3/c1-13(2)26-18-8-9-25(19(27)12-28-16-6-4-15(22)5-7-16)11-17(18)20(24-26)21-23-10-14(3)29-21/h4-7,10,13H,8-9,11-12H2,1-3H3. The molecule has 152 valence electrons. The van der Waals surface area contributed by atoms with Crippen molar-refractivity contribution < 1.29 is 18.3 Å². The van der Waals surface area contributed by atoms with Crippen molar-refractivity contribution in [3.8, 4) is 17.3 Å². The van der Waals surface area contributed by atoms with E-state index in [0.29, 0.717) is 42.6 Å². The number of benzene rings is 1. The highest BCUT2D eigenvalue weighted by molar-refractivity contribution is 5.78. The summed E-state index contributed by atoms with van der Waals surface area (Å²) in [4.78, 5) is 18.8. The lowest BCUT2D eigenvalue weighted by Gasteiger charge is -2.28. The van der Waals surface area contributed by atoms with E-state index >= 15 is 0 Å². The average molecular weight is 398 g/mol.